The van der Waals surface area contributed by atoms with E-state index in [0.717, 1.165) is 58.2 Å². The van der Waals surface area contributed by atoms with Gasteiger partial charge in [0.05, 0.1) is 25.3 Å². The Bertz CT molecular complexity index is 1110. The maximum atomic E-state index is 6.03. The average molecular weight is 454 g/mol. The van der Waals surface area contributed by atoms with Gasteiger partial charge in [-0.1, -0.05) is 35.3 Å². The second-order valence-corrected chi connectivity index (χ2v) is 8.40. The van der Waals surface area contributed by atoms with Gasteiger partial charge < -0.3 is 15.0 Å². The SMILES string of the molecule is Clc1ccc(Cc2nc3c(c(N4CCOCC4)n2)N=C(Nc2ccc(Cl)cc2)C3)cc1. The summed E-state index contributed by atoms with van der Waals surface area (Å²) in [7, 11) is 0. The fourth-order valence-corrected chi connectivity index (χ4v) is 3.99. The van der Waals surface area contributed by atoms with E-state index in [4.69, 9.17) is 42.9 Å². The van der Waals surface area contributed by atoms with Crippen molar-refractivity contribution in [1.82, 2.24) is 9.97 Å². The Morgan fingerprint density at radius 1 is 0.903 bits per heavy atom. The Balaban J connectivity index is 1.45. The molecule has 2 aromatic carbocycles. The molecule has 5 rings (SSSR count). The first-order chi connectivity index (χ1) is 15.1. The number of aliphatic imine (C=N–C) groups is 1. The standard InChI is InChI=1S/C23H21Cl2N5O/c24-16-3-1-15(2-4-16)13-20-27-19-14-21(26-18-7-5-17(25)6-8-18)28-22(19)23(29-20)30-9-11-31-12-10-30/h1-8H,9-14H2,(H,26,28). The minimum atomic E-state index is 0.630. The van der Waals surface area contributed by atoms with Crippen LogP contribution in [-0.2, 0) is 17.6 Å². The Morgan fingerprint density at radius 2 is 1.58 bits per heavy atom. The molecule has 0 spiro atoms. The van der Waals surface area contributed by atoms with Crippen molar-refractivity contribution >= 4 is 46.2 Å². The molecule has 3 aromatic rings. The quantitative estimate of drug-likeness (QED) is 0.607. The average Bonchev–Trinajstić information content (AvgIpc) is 3.19. The smallest absolute Gasteiger partial charge is 0.158 e. The van der Waals surface area contributed by atoms with Gasteiger partial charge in [0, 0.05) is 35.2 Å². The van der Waals surface area contributed by atoms with Gasteiger partial charge in [0.15, 0.2) is 5.82 Å². The van der Waals surface area contributed by atoms with Crippen LogP contribution in [0, 0.1) is 0 Å². The number of aromatic nitrogens is 2. The van der Waals surface area contributed by atoms with Crippen molar-refractivity contribution in [1.29, 1.82) is 0 Å². The summed E-state index contributed by atoms with van der Waals surface area (Å²) in [6, 6.07) is 15.4. The molecule has 6 nitrogen and oxygen atoms in total. The highest BCUT2D eigenvalue weighted by Crippen LogP contribution is 2.35. The molecule has 0 unspecified atom stereocenters. The fraction of sp³-hybridized carbons (Fsp3) is 0.261. The summed E-state index contributed by atoms with van der Waals surface area (Å²) in [5.41, 5.74) is 3.85. The van der Waals surface area contributed by atoms with E-state index >= 15 is 0 Å². The topological polar surface area (TPSA) is 62.6 Å². The van der Waals surface area contributed by atoms with E-state index < -0.39 is 0 Å². The van der Waals surface area contributed by atoms with Gasteiger partial charge in [0.2, 0.25) is 0 Å². The summed E-state index contributed by atoms with van der Waals surface area (Å²) in [6.07, 6.45) is 1.27. The molecule has 2 aliphatic rings. The number of nitrogens with one attached hydrogen (secondary N) is 1. The monoisotopic (exact) mass is 453 g/mol. The van der Waals surface area contributed by atoms with Gasteiger partial charge in [0.25, 0.3) is 0 Å². The highest BCUT2D eigenvalue weighted by atomic mass is 35.5. The molecule has 0 saturated carbocycles. The Hall–Kier alpha value is -2.67. The number of fused-ring (bicyclic) bond motifs is 1. The molecular formula is C23H21Cl2N5O. The van der Waals surface area contributed by atoms with Crippen molar-refractivity contribution in [3.05, 3.63) is 75.7 Å². The molecule has 2 aliphatic heterocycles. The zero-order valence-electron chi connectivity index (χ0n) is 16.8. The maximum absolute atomic E-state index is 6.03. The molecule has 1 N–H and O–H groups in total. The molecule has 1 fully saturated rings. The minimum absolute atomic E-state index is 0.630. The highest BCUT2D eigenvalue weighted by molar-refractivity contribution is 6.30. The lowest BCUT2D eigenvalue weighted by Crippen LogP contribution is -2.37. The van der Waals surface area contributed by atoms with Crippen LogP contribution in [0.1, 0.15) is 17.1 Å². The number of nitrogens with zero attached hydrogens (tertiary/aromatic N) is 4. The van der Waals surface area contributed by atoms with Gasteiger partial charge in [-0.15, -0.1) is 0 Å². The van der Waals surface area contributed by atoms with Gasteiger partial charge in [-0.05, 0) is 42.0 Å². The number of anilines is 2. The van der Waals surface area contributed by atoms with Gasteiger partial charge in [-0.2, -0.15) is 0 Å². The summed E-state index contributed by atoms with van der Waals surface area (Å²) in [5.74, 6) is 2.51. The predicted molar refractivity (Wildman–Crippen MR) is 125 cm³/mol. The van der Waals surface area contributed by atoms with Crippen molar-refractivity contribution < 1.29 is 4.74 Å². The first-order valence-electron chi connectivity index (χ1n) is 10.2. The van der Waals surface area contributed by atoms with Crippen LogP contribution >= 0.6 is 23.2 Å². The molecule has 0 atom stereocenters. The van der Waals surface area contributed by atoms with Crippen LogP contribution in [0.4, 0.5) is 17.2 Å². The Labute approximate surface area is 190 Å². The molecule has 3 heterocycles. The van der Waals surface area contributed by atoms with E-state index in [0.29, 0.717) is 31.1 Å². The number of halogens is 2. The van der Waals surface area contributed by atoms with E-state index in [-0.39, 0.29) is 0 Å². The molecule has 8 heteroatoms. The lowest BCUT2D eigenvalue weighted by atomic mass is 10.1. The van der Waals surface area contributed by atoms with Crippen LogP contribution in [0.3, 0.4) is 0 Å². The third-order valence-electron chi connectivity index (χ3n) is 5.28. The Morgan fingerprint density at radius 3 is 2.29 bits per heavy atom. The molecule has 0 radical (unpaired) electrons. The van der Waals surface area contributed by atoms with E-state index in [1.54, 1.807) is 0 Å². The zero-order valence-corrected chi connectivity index (χ0v) is 18.3. The van der Waals surface area contributed by atoms with Gasteiger partial charge >= 0.3 is 0 Å². The second kappa shape index (κ2) is 8.83. The van der Waals surface area contributed by atoms with Crippen molar-refractivity contribution in [2.24, 2.45) is 4.99 Å². The number of amidine groups is 1. The van der Waals surface area contributed by atoms with Crippen LogP contribution in [-0.4, -0.2) is 42.1 Å². The normalized spacial score (nSPS) is 15.5. The number of morpholine rings is 1. The number of hydrogen-bond acceptors (Lipinski definition) is 6. The van der Waals surface area contributed by atoms with E-state index in [9.17, 15) is 0 Å². The van der Waals surface area contributed by atoms with E-state index in [1.165, 1.54) is 0 Å². The molecule has 0 amide bonds. The van der Waals surface area contributed by atoms with Crippen molar-refractivity contribution in [2.45, 2.75) is 12.8 Å². The zero-order chi connectivity index (χ0) is 21.2. The summed E-state index contributed by atoms with van der Waals surface area (Å²) < 4.78 is 5.53. The van der Waals surface area contributed by atoms with Crippen LogP contribution in [0.5, 0.6) is 0 Å². The Kier molecular flexibility index (Phi) is 5.76. The predicted octanol–water partition coefficient (Wildman–Crippen LogP) is 4.91. The van der Waals surface area contributed by atoms with Crippen molar-refractivity contribution in [2.75, 3.05) is 36.5 Å². The number of rotatable bonds is 4. The van der Waals surface area contributed by atoms with Crippen LogP contribution in [0.25, 0.3) is 0 Å². The van der Waals surface area contributed by atoms with Gasteiger partial charge in [-0.3, -0.25) is 0 Å². The molecule has 0 aliphatic carbocycles. The van der Waals surface area contributed by atoms with Crippen LogP contribution in [0.15, 0.2) is 53.5 Å². The molecule has 1 saturated heterocycles. The number of ether oxygens (including phenoxy) is 1. The van der Waals surface area contributed by atoms with Crippen LogP contribution in [0.2, 0.25) is 10.0 Å². The van der Waals surface area contributed by atoms with E-state index in [2.05, 4.69) is 10.2 Å². The lowest BCUT2D eigenvalue weighted by Gasteiger charge is -2.28. The number of benzene rings is 2. The summed E-state index contributed by atoms with van der Waals surface area (Å²) in [5, 5.41) is 4.81. The largest absolute Gasteiger partial charge is 0.378 e. The highest BCUT2D eigenvalue weighted by Gasteiger charge is 2.26. The molecule has 31 heavy (non-hydrogen) atoms. The molecule has 0 bridgehead atoms. The summed E-state index contributed by atoms with van der Waals surface area (Å²) >= 11 is 12.0. The summed E-state index contributed by atoms with van der Waals surface area (Å²) in [4.78, 5) is 16.9. The van der Waals surface area contributed by atoms with E-state index in [1.807, 2.05) is 48.5 Å². The van der Waals surface area contributed by atoms with Gasteiger partial charge in [0.1, 0.15) is 17.3 Å². The first-order valence-corrected chi connectivity index (χ1v) is 11.0. The first kappa shape index (κ1) is 20.2. The van der Waals surface area contributed by atoms with Crippen molar-refractivity contribution in [3.63, 3.8) is 0 Å². The maximum Gasteiger partial charge on any atom is 0.158 e. The third kappa shape index (κ3) is 4.66. The minimum Gasteiger partial charge on any atom is -0.378 e. The molecular weight excluding hydrogens is 433 g/mol. The second-order valence-electron chi connectivity index (χ2n) is 7.53. The third-order valence-corrected chi connectivity index (χ3v) is 5.79. The molecule has 158 valence electrons. The van der Waals surface area contributed by atoms with Gasteiger partial charge in [-0.25, -0.2) is 15.0 Å². The lowest BCUT2D eigenvalue weighted by molar-refractivity contribution is 0.122. The van der Waals surface area contributed by atoms with Crippen LogP contribution < -0.4 is 10.2 Å². The molecule has 1 aromatic heterocycles. The fourth-order valence-electron chi connectivity index (χ4n) is 3.74. The van der Waals surface area contributed by atoms with Crippen molar-refractivity contribution in [3.8, 4) is 0 Å². The number of hydrogen-bond donors (Lipinski definition) is 1. The summed E-state index contributed by atoms with van der Waals surface area (Å²) in [6.45, 7) is 2.95.